The molecule has 0 unspecified atom stereocenters. The summed E-state index contributed by atoms with van der Waals surface area (Å²) < 4.78 is 25.2. The summed E-state index contributed by atoms with van der Waals surface area (Å²) in [6.45, 7) is 1.91. The third-order valence-electron chi connectivity index (χ3n) is 4.70. The van der Waals surface area contributed by atoms with Crippen molar-refractivity contribution in [1.82, 2.24) is 10.6 Å². The van der Waals surface area contributed by atoms with Crippen LogP contribution in [0.25, 0.3) is 0 Å². The number of hydrogen-bond donors (Lipinski definition) is 2. The zero-order chi connectivity index (χ0) is 24.7. The summed E-state index contributed by atoms with van der Waals surface area (Å²) >= 11 is 6.86. The normalized spacial score (nSPS) is 14.3. The SMILES string of the molecule is CCOC(=O)N[C@@H](CNC(=O)c1ccc(Cl)s1)C(=O)N(F)c1ccc(N2CCOCC2=O)cc1. The van der Waals surface area contributed by atoms with Crippen LogP contribution in [0.4, 0.5) is 20.7 Å². The number of halogens is 2. The van der Waals surface area contributed by atoms with E-state index in [0.29, 0.717) is 23.2 Å². The number of morpholine rings is 1. The first-order valence-corrected chi connectivity index (χ1v) is 11.4. The summed E-state index contributed by atoms with van der Waals surface area (Å²) in [5, 5.41) is 4.59. The number of carbonyl (C=O) groups is 4. The number of hydrogen-bond acceptors (Lipinski definition) is 7. The number of anilines is 2. The number of benzene rings is 1. The van der Waals surface area contributed by atoms with Gasteiger partial charge >= 0.3 is 6.09 Å². The lowest BCUT2D eigenvalue weighted by Crippen LogP contribution is -2.52. The van der Waals surface area contributed by atoms with Gasteiger partial charge in [-0.15, -0.1) is 16.5 Å². The predicted octanol–water partition coefficient (Wildman–Crippen LogP) is 2.53. The van der Waals surface area contributed by atoms with Crippen molar-refractivity contribution in [1.29, 1.82) is 0 Å². The van der Waals surface area contributed by atoms with Crippen LogP contribution in [0, 0.1) is 0 Å². The highest BCUT2D eigenvalue weighted by Gasteiger charge is 2.29. The van der Waals surface area contributed by atoms with E-state index in [4.69, 9.17) is 21.1 Å². The van der Waals surface area contributed by atoms with Crippen molar-refractivity contribution in [3.63, 3.8) is 0 Å². The van der Waals surface area contributed by atoms with Crippen LogP contribution in [0.15, 0.2) is 36.4 Å². The number of ether oxygens (including phenoxy) is 2. The van der Waals surface area contributed by atoms with Crippen LogP contribution >= 0.6 is 22.9 Å². The molecule has 182 valence electrons. The van der Waals surface area contributed by atoms with Crippen molar-refractivity contribution in [3.05, 3.63) is 45.6 Å². The highest BCUT2D eigenvalue weighted by Crippen LogP contribution is 2.23. The first kappa shape index (κ1) is 25.4. The Morgan fingerprint density at radius 2 is 2.00 bits per heavy atom. The Balaban J connectivity index is 1.70. The molecule has 0 saturated carbocycles. The average Bonchev–Trinajstić information content (AvgIpc) is 3.27. The molecule has 2 heterocycles. The van der Waals surface area contributed by atoms with Crippen molar-refractivity contribution in [2.75, 3.05) is 42.9 Å². The number of carbonyl (C=O) groups excluding carboxylic acids is 4. The van der Waals surface area contributed by atoms with Crippen LogP contribution in [0.1, 0.15) is 16.6 Å². The van der Waals surface area contributed by atoms with Gasteiger partial charge in [0.1, 0.15) is 12.6 Å². The number of nitrogens with one attached hydrogen (secondary N) is 2. The van der Waals surface area contributed by atoms with E-state index in [9.17, 15) is 23.7 Å². The molecule has 1 aromatic heterocycles. The fourth-order valence-corrected chi connectivity index (χ4v) is 4.01. The van der Waals surface area contributed by atoms with Crippen molar-refractivity contribution in [2.24, 2.45) is 0 Å². The number of thiophene rings is 1. The quantitative estimate of drug-likeness (QED) is 0.525. The van der Waals surface area contributed by atoms with Crippen LogP contribution < -0.4 is 20.7 Å². The van der Waals surface area contributed by atoms with E-state index < -0.39 is 30.5 Å². The Kier molecular flexibility index (Phi) is 8.79. The fraction of sp³-hybridized carbons (Fsp3) is 0.333. The van der Waals surface area contributed by atoms with Gasteiger partial charge in [-0.25, -0.2) is 4.79 Å². The Hall–Kier alpha value is -3.22. The molecule has 0 spiro atoms. The van der Waals surface area contributed by atoms with Crippen molar-refractivity contribution >= 4 is 58.1 Å². The van der Waals surface area contributed by atoms with Crippen LogP contribution in [-0.4, -0.2) is 62.8 Å². The Labute approximate surface area is 203 Å². The van der Waals surface area contributed by atoms with Gasteiger partial charge in [0.15, 0.2) is 0 Å². The van der Waals surface area contributed by atoms with Crippen LogP contribution in [-0.2, 0) is 19.1 Å². The molecule has 1 aliphatic heterocycles. The molecular formula is C21H22ClFN4O6S. The highest BCUT2D eigenvalue weighted by molar-refractivity contribution is 7.18. The minimum atomic E-state index is -1.45. The van der Waals surface area contributed by atoms with Gasteiger partial charge in [0, 0.05) is 18.8 Å². The third kappa shape index (κ3) is 6.43. The molecule has 1 fully saturated rings. The van der Waals surface area contributed by atoms with Gasteiger partial charge in [-0.2, -0.15) is 0 Å². The molecule has 0 bridgehead atoms. The molecule has 1 atom stereocenters. The second-order valence-electron chi connectivity index (χ2n) is 6.96. The van der Waals surface area contributed by atoms with Gasteiger partial charge in [0.05, 0.1) is 28.1 Å². The summed E-state index contributed by atoms with van der Waals surface area (Å²) in [7, 11) is 0. The second-order valence-corrected chi connectivity index (χ2v) is 8.68. The first-order chi connectivity index (χ1) is 16.3. The summed E-state index contributed by atoms with van der Waals surface area (Å²) in [6, 6.07) is 7.22. The van der Waals surface area contributed by atoms with E-state index in [1.807, 2.05) is 0 Å². The summed E-state index contributed by atoms with van der Waals surface area (Å²) in [5.74, 6) is -1.90. The molecule has 34 heavy (non-hydrogen) atoms. The molecule has 2 aromatic rings. The van der Waals surface area contributed by atoms with E-state index in [0.717, 1.165) is 11.3 Å². The van der Waals surface area contributed by atoms with E-state index in [-0.39, 0.29) is 34.8 Å². The Morgan fingerprint density at radius 3 is 2.62 bits per heavy atom. The lowest BCUT2D eigenvalue weighted by atomic mass is 10.2. The molecule has 0 radical (unpaired) electrons. The number of rotatable bonds is 8. The highest BCUT2D eigenvalue weighted by atomic mass is 35.5. The zero-order valence-electron chi connectivity index (χ0n) is 18.1. The smallest absolute Gasteiger partial charge is 0.407 e. The monoisotopic (exact) mass is 512 g/mol. The third-order valence-corrected chi connectivity index (χ3v) is 5.93. The van der Waals surface area contributed by atoms with Gasteiger partial charge in [-0.1, -0.05) is 16.1 Å². The van der Waals surface area contributed by atoms with Crippen molar-refractivity contribution in [2.45, 2.75) is 13.0 Å². The molecule has 1 aliphatic rings. The maximum Gasteiger partial charge on any atom is 0.407 e. The van der Waals surface area contributed by atoms with Gasteiger partial charge in [-0.05, 0) is 43.3 Å². The first-order valence-electron chi connectivity index (χ1n) is 10.2. The van der Waals surface area contributed by atoms with Gasteiger partial charge in [0.2, 0.25) is 0 Å². The second kappa shape index (κ2) is 11.8. The van der Waals surface area contributed by atoms with Gasteiger partial charge in [-0.3, -0.25) is 14.4 Å². The maximum absolute atomic E-state index is 15.0. The molecular weight excluding hydrogens is 491 g/mol. The number of amides is 4. The van der Waals surface area contributed by atoms with Crippen LogP contribution in [0.3, 0.4) is 0 Å². The van der Waals surface area contributed by atoms with E-state index in [2.05, 4.69) is 10.6 Å². The molecule has 13 heteroatoms. The predicted molar refractivity (Wildman–Crippen MR) is 124 cm³/mol. The van der Waals surface area contributed by atoms with Crippen LogP contribution in [0.2, 0.25) is 4.34 Å². The van der Waals surface area contributed by atoms with Crippen LogP contribution in [0.5, 0.6) is 0 Å². The molecule has 10 nitrogen and oxygen atoms in total. The molecule has 0 aliphatic carbocycles. The minimum absolute atomic E-state index is 0.0356. The molecule has 4 amide bonds. The maximum atomic E-state index is 15.0. The molecule has 1 saturated heterocycles. The summed E-state index contributed by atoms with van der Waals surface area (Å²) in [4.78, 5) is 50.7. The standard InChI is InChI=1S/C21H22ClFN4O6S/c1-2-33-21(31)25-15(11-24-19(29)16-7-8-17(22)34-16)20(30)27(23)14-5-3-13(4-6-14)26-9-10-32-12-18(26)28/h3-8,15H,2,9-12H2,1H3,(H,24,29)(H,25,31)/t15-/m0/s1. The lowest BCUT2D eigenvalue weighted by Gasteiger charge is -2.27. The zero-order valence-corrected chi connectivity index (χ0v) is 19.7. The van der Waals surface area contributed by atoms with E-state index in [1.165, 1.54) is 41.3 Å². The average molecular weight is 513 g/mol. The van der Waals surface area contributed by atoms with Crippen molar-refractivity contribution in [3.8, 4) is 0 Å². The number of nitrogens with zero attached hydrogens (tertiary/aromatic N) is 2. The topological polar surface area (TPSA) is 117 Å². The lowest BCUT2D eigenvalue weighted by molar-refractivity contribution is -0.125. The largest absolute Gasteiger partial charge is 0.450 e. The molecule has 2 N–H and O–H groups in total. The molecule has 3 rings (SSSR count). The Bertz CT molecular complexity index is 1050. The fourth-order valence-electron chi connectivity index (χ4n) is 3.05. The van der Waals surface area contributed by atoms with Gasteiger partial charge < -0.3 is 25.0 Å². The Morgan fingerprint density at radius 1 is 1.26 bits per heavy atom. The minimum Gasteiger partial charge on any atom is -0.450 e. The van der Waals surface area contributed by atoms with E-state index >= 15 is 0 Å². The summed E-state index contributed by atoms with van der Waals surface area (Å²) in [6.07, 6.45) is -0.941. The van der Waals surface area contributed by atoms with Crippen molar-refractivity contribution < 1.29 is 33.1 Å². The summed E-state index contributed by atoms with van der Waals surface area (Å²) in [5.41, 5.74) is 0.405. The van der Waals surface area contributed by atoms with Gasteiger partial charge in [0.25, 0.3) is 17.7 Å². The van der Waals surface area contributed by atoms with E-state index in [1.54, 1.807) is 6.92 Å². The number of alkyl carbamates (subject to hydrolysis) is 1. The molecule has 1 aromatic carbocycles.